The van der Waals surface area contributed by atoms with Crippen molar-refractivity contribution in [1.82, 2.24) is 9.62 Å². The minimum absolute atomic E-state index is 0.221. The molecule has 2 aliphatic rings. The van der Waals surface area contributed by atoms with Gasteiger partial charge in [0.1, 0.15) is 18.0 Å². The van der Waals surface area contributed by atoms with Crippen molar-refractivity contribution in [3.63, 3.8) is 0 Å². The van der Waals surface area contributed by atoms with Gasteiger partial charge in [0.05, 0.1) is 0 Å². The molecule has 0 atom stereocenters. The van der Waals surface area contributed by atoms with E-state index in [0.717, 1.165) is 38.0 Å². The molecular formula is C18H20FN3O4S. The molecular weight excluding hydrogens is 373 g/mol. The van der Waals surface area contributed by atoms with Crippen LogP contribution in [0.3, 0.4) is 0 Å². The molecule has 4 rings (SSSR count). The number of halogens is 1. The number of aromatic hydroxyl groups is 1. The summed E-state index contributed by atoms with van der Waals surface area (Å²) in [6.07, 6.45) is 2.98. The summed E-state index contributed by atoms with van der Waals surface area (Å²) in [5.74, 6) is -2.14. The van der Waals surface area contributed by atoms with Gasteiger partial charge < -0.3 is 10.0 Å². The van der Waals surface area contributed by atoms with E-state index in [-0.39, 0.29) is 5.39 Å². The van der Waals surface area contributed by atoms with Gasteiger partial charge in [-0.25, -0.2) is 13.4 Å². The van der Waals surface area contributed by atoms with Gasteiger partial charge in [0, 0.05) is 5.39 Å². The van der Waals surface area contributed by atoms with Gasteiger partial charge in [-0.2, -0.15) is 8.42 Å². The summed E-state index contributed by atoms with van der Waals surface area (Å²) < 4.78 is 41.5. The first-order valence-corrected chi connectivity index (χ1v) is 10.3. The Balaban J connectivity index is 1.67. The monoisotopic (exact) mass is 393 g/mol. The lowest BCUT2D eigenvalue weighted by Crippen LogP contribution is -2.37. The Morgan fingerprint density at radius 1 is 1.22 bits per heavy atom. The Kier molecular flexibility index (Phi) is 4.43. The molecule has 0 aromatic heterocycles. The van der Waals surface area contributed by atoms with E-state index >= 15 is 4.39 Å². The van der Waals surface area contributed by atoms with E-state index in [1.165, 1.54) is 12.5 Å². The van der Waals surface area contributed by atoms with Crippen LogP contribution in [0.2, 0.25) is 0 Å². The van der Waals surface area contributed by atoms with Gasteiger partial charge >= 0.3 is 10.2 Å². The van der Waals surface area contributed by atoms with E-state index in [2.05, 4.69) is 4.90 Å². The summed E-state index contributed by atoms with van der Waals surface area (Å²) in [6, 6.07) is 6.59. The number of carbonyl (C=O) groups excluding carboxylic acids is 1. The smallest absolute Gasteiger partial charge is 0.326 e. The second-order valence-corrected chi connectivity index (χ2v) is 8.54. The Morgan fingerprint density at radius 3 is 2.63 bits per heavy atom. The normalized spacial score (nSPS) is 19.3. The number of fused-ring (bicyclic) bond motifs is 1. The molecule has 2 N–H and O–H groups in total. The number of carbonyl (C=O) groups is 1. The van der Waals surface area contributed by atoms with E-state index in [4.69, 9.17) is 0 Å². The van der Waals surface area contributed by atoms with Gasteiger partial charge in [-0.1, -0.05) is 12.1 Å². The van der Waals surface area contributed by atoms with Crippen LogP contribution in [0.5, 0.6) is 5.75 Å². The average Bonchev–Trinajstić information content (AvgIpc) is 2.82. The highest BCUT2D eigenvalue weighted by atomic mass is 32.2. The molecule has 2 heterocycles. The molecule has 2 aromatic carbocycles. The van der Waals surface area contributed by atoms with Crippen LogP contribution in [-0.2, 0) is 21.4 Å². The van der Waals surface area contributed by atoms with E-state index in [1.54, 1.807) is 16.9 Å². The summed E-state index contributed by atoms with van der Waals surface area (Å²) in [5, 5.41) is 10.9. The molecule has 0 saturated carbocycles. The number of hydrogen-bond acceptors (Lipinski definition) is 5. The molecule has 2 fully saturated rings. The molecule has 0 radical (unpaired) electrons. The van der Waals surface area contributed by atoms with Crippen LogP contribution in [0.4, 0.5) is 10.1 Å². The Hall–Kier alpha value is -2.39. The zero-order chi connectivity index (χ0) is 19.2. The second-order valence-electron chi connectivity index (χ2n) is 6.95. The summed E-state index contributed by atoms with van der Waals surface area (Å²) >= 11 is 0. The summed E-state index contributed by atoms with van der Waals surface area (Å²) in [5.41, 5.74) is 0.440. The quantitative estimate of drug-likeness (QED) is 0.804. The number of benzene rings is 2. The minimum Gasteiger partial charge on any atom is -0.506 e. The molecule has 7 nitrogen and oxygen atoms in total. The maximum Gasteiger partial charge on any atom is 0.326 e. The first-order chi connectivity index (χ1) is 12.8. The van der Waals surface area contributed by atoms with Gasteiger partial charge in [0.2, 0.25) is 0 Å². The summed E-state index contributed by atoms with van der Waals surface area (Å²) in [4.78, 5) is 13.8. The zero-order valence-electron chi connectivity index (χ0n) is 14.6. The molecule has 2 saturated heterocycles. The highest BCUT2D eigenvalue weighted by Crippen LogP contribution is 2.38. The highest BCUT2D eigenvalue weighted by Gasteiger charge is 2.37. The Bertz CT molecular complexity index is 1020. The van der Waals surface area contributed by atoms with Crippen molar-refractivity contribution in [1.29, 1.82) is 0 Å². The van der Waals surface area contributed by atoms with E-state index < -0.39 is 39.9 Å². The van der Waals surface area contributed by atoms with Crippen LogP contribution in [0.15, 0.2) is 24.3 Å². The van der Waals surface area contributed by atoms with Crippen molar-refractivity contribution in [3.05, 3.63) is 35.6 Å². The fraction of sp³-hybridized carbons (Fsp3) is 0.389. The third kappa shape index (κ3) is 3.32. The van der Waals surface area contributed by atoms with Crippen LogP contribution < -0.4 is 9.03 Å². The van der Waals surface area contributed by atoms with Crippen LogP contribution in [0.1, 0.15) is 18.4 Å². The number of phenolic OH excluding ortho intramolecular Hbond substituents is 1. The third-order valence-corrected chi connectivity index (χ3v) is 6.43. The number of nitrogens with one attached hydrogen (secondary N) is 1. The molecule has 0 bridgehead atoms. The molecule has 144 valence electrons. The van der Waals surface area contributed by atoms with Gasteiger partial charge in [-0.3, -0.25) is 4.79 Å². The predicted octanol–water partition coefficient (Wildman–Crippen LogP) is 1.50. The van der Waals surface area contributed by atoms with Crippen LogP contribution in [0.25, 0.3) is 10.8 Å². The van der Waals surface area contributed by atoms with E-state index in [1.807, 2.05) is 6.07 Å². The van der Waals surface area contributed by atoms with Crippen LogP contribution in [-0.4, -0.2) is 50.5 Å². The van der Waals surface area contributed by atoms with Crippen molar-refractivity contribution in [2.75, 3.05) is 30.5 Å². The fourth-order valence-electron chi connectivity index (χ4n) is 3.53. The third-order valence-electron chi connectivity index (χ3n) is 5.05. The molecule has 0 unspecified atom stereocenters. The number of rotatable bonds is 5. The van der Waals surface area contributed by atoms with Crippen molar-refractivity contribution >= 4 is 32.6 Å². The largest absolute Gasteiger partial charge is 0.506 e. The summed E-state index contributed by atoms with van der Waals surface area (Å²) in [7, 11) is -4.21. The summed E-state index contributed by atoms with van der Waals surface area (Å²) in [6.45, 7) is 2.70. The van der Waals surface area contributed by atoms with Gasteiger partial charge in [0.15, 0.2) is 5.82 Å². The molecule has 2 aliphatic heterocycles. The van der Waals surface area contributed by atoms with E-state index in [9.17, 15) is 18.3 Å². The molecule has 0 aliphatic carbocycles. The standard InChI is InChI=1S/C18H20FN3O4S/c19-17-14-9-12(3-1-6-21-7-2-8-21)4-5-13(14)10-15(23)18(17)22-11-16(24)20-27(22,25)26/h4-5,9-10,23H,1-3,6-8,11H2,(H,20,24). The van der Waals surface area contributed by atoms with Gasteiger partial charge in [-0.05, 0) is 62.0 Å². The molecule has 1 amide bonds. The van der Waals surface area contributed by atoms with Crippen molar-refractivity contribution in [2.45, 2.75) is 19.3 Å². The lowest BCUT2D eigenvalue weighted by Gasteiger charge is -2.30. The Morgan fingerprint density at radius 2 is 2.00 bits per heavy atom. The van der Waals surface area contributed by atoms with E-state index in [0.29, 0.717) is 9.69 Å². The Labute approximate surface area is 156 Å². The number of aryl methyl sites for hydroxylation is 1. The van der Waals surface area contributed by atoms with Crippen LogP contribution in [0, 0.1) is 5.82 Å². The number of amides is 1. The second kappa shape index (κ2) is 6.65. The number of likely N-dealkylation sites (tertiary alicyclic amines) is 1. The first-order valence-electron chi connectivity index (χ1n) is 8.85. The van der Waals surface area contributed by atoms with Crippen LogP contribution >= 0.6 is 0 Å². The number of nitrogens with zero attached hydrogens (tertiary/aromatic N) is 2. The zero-order valence-corrected chi connectivity index (χ0v) is 15.4. The molecule has 0 spiro atoms. The van der Waals surface area contributed by atoms with Crippen molar-refractivity contribution < 1.29 is 22.7 Å². The minimum atomic E-state index is -4.21. The van der Waals surface area contributed by atoms with Crippen molar-refractivity contribution in [3.8, 4) is 5.75 Å². The van der Waals surface area contributed by atoms with Crippen molar-refractivity contribution in [2.24, 2.45) is 0 Å². The predicted molar refractivity (Wildman–Crippen MR) is 99.4 cm³/mol. The maximum atomic E-state index is 15.1. The lowest BCUT2D eigenvalue weighted by atomic mass is 10.0. The highest BCUT2D eigenvalue weighted by molar-refractivity contribution is 7.92. The number of phenols is 1. The number of hydrogen-bond donors (Lipinski definition) is 2. The molecule has 9 heteroatoms. The lowest BCUT2D eigenvalue weighted by molar-refractivity contribution is -0.117. The van der Waals surface area contributed by atoms with Gasteiger partial charge in [0.25, 0.3) is 5.91 Å². The average molecular weight is 393 g/mol. The maximum absolute atomic E-state index is 15.1. The first kappa shape index (κ1) is 18.0. The topological polar surface area (TPSA) is 90.0 Å². The van der Waals surface area contributed by atoms with Gasteiger partial charge in [-0.15, -0.1) is 0 Å². The SMILES string of the molecule is O=C1CN(c2c(O)cc3ccc(CCCN4CCC4)cc3c2F)S(=O)(=O)N1. The fourth-order valence-corrected chi connectivity index (χ4v) is 4.69. The molecule has 27 heavy (non-hydrogen) atoms. The molecule has 2 aromatic rings. The number of anilines is 1.